The molecule has 1 fully saturated rings. The Kier molecular flexibility index (Phi) is 5.22. The maximum atomic E-state index is 5.95. The molecular formula is C9H22ClN3. The molecule has 1 rings (SSSR count). The molecule has 1 saturated heterocycles. The van der Waals surface area contributed by atoms with Crippen LogP contribution in [-0.2, 0) is 0 Å². The van der Waals surface area contributed by atoms with Gasteiger partial charge in [0, 0.05) is 37.8 Å². The van der Waals surface area contributed by atoms with Gasteiger partial charge in [0.05, 0.1) is 0 Å². The van der Waals surface area contributed by atoms with E-state index in [-0.39, 0.29) is 17.9 Å². The molecule has 80 valence electrons. The number of nitrogens with two attached hydrogens (primary N) is 1. The van der Waals surface area contributed by atoms with Crippen LogP contribution in [0.5, 0.6) is 0 Å². The quantitative estimate of drug-likeness (QED) is 0.691. The summed E-state index contributed by atoms with van der Waals surface area (Å²) in [6.45, 7) is 10.7. The first-order valence-corrected chi connectivity index (χ1v) is 4.72. The summed E-state index contributed by atoms with van der Waals surface area (Å²) in [6.07, 6.45) is 0. The highest BCUT2D eigenvalue weighted by Crippen LogP contribution is 2.04. The van der Waals surface area contributed by atoms with Crippen molar-refractivity contribution in [2.75, 3.05) is 26.2 Å². The van der Waals surface area contributed by atoms with Gasteiger partial charge in [-0.25, -0.2) is 0 Å². The third kappa shape index (κ3) is 5.47. The maximum absolute atomic E-state index is 5.95. The van der Waals surface area contributed by atoms with Gasteiger partial charge in [0.1, 0.15) is 0 Å². The van der Waals surface area contributed by atoms with Crippen molar-refractivity contribution < 1.29 is 0 Å². The number of piperazine rings is 1. The monoisotopic (exact) mass is 207 g/mol. The molecule has 0 spiro atoms. The van der Waals surface area contributed by atoms with Gasteiger partial charge in [0.15, 0.2) is 0 Å². The minimum absolute atomic E-state index is 0. The normalized spacial score (nSPS) is 25.4. The molecule has 1 aliphatic heterocycles. The van der Waals surface area contributed by atoms with E-state index >= 15 is 0 Å². The number of hydrogen-bond donors (Lipinski definition) is 2. The van der Waals surface area contributed by atoms with Gasteiger partial charge in [0.2, 0.25) is 0 Å². The largest absolute Gasteiger partial charge is 0.324 e. The van der Waals surface area contributed by atoms with Crippen LogP contribution in [0.15, 0.2) is 0 Å². The lowest BCUT2D eigenvalue weighted by molar-refractivity contribution is 0.176. The molecule has 0 aliphatic carbocycles. The molecule has 0 bridgehead atoms. The Balaban J connectivity index is 0.00000144. The fourth-order valence-corrected chi connectivity index (χ4v) is 1.73. The van der Waals surface area contributed by atoms with Crippen molar-refractivity contribution >= 4 is 12.4 Å². The zero-order valence-electron chi connectivity index (χ0n) is 8.84. The highest BCUT2D eigenvalue weighted by molar-refractivity contribution is 5.85. The molecule has 4 heteroatoms. The number of rotatable bonds is 2. The lowest BCUT2D eigenvalue weighted by Crippen LogP contribution is -2.54. The second kappa shape index (κ2) is 5.15. The predicted octanol–water partition coefficient (Wildman–Crippen LogP) is 0.439. The Morgan fingerprint density at radius 2 is 2.15 bits per heavy atom. The molecule has 3 nitrogen and oxygen atoms in total. The smallest absolute Gasteiger partial charge is 0.0226 e. The van der Waals surface area contributed by atoms with Crippen LogP contribution in [0.4, 0.5) is 0 Å². The zero-order valence-corrected chi connectivity index (χ0v) is 9.66. The Hall–Kier alpha value is 0.170. The standard InChI is InChI=1S/C9H21N3.ClH/c1-8-6-12(5-4-11-8)7-9(2,3)10;/h8,11H,4-7,10H2,1-3H3;1H/t8-;/m1./s1. The second-order valence-corrected chi connectivity index (χ2v) is 4.58. The second-order valence-electron chi connectivity index (χ2n) is 4.58. The fraction of sp³-hybridized carbons (Fsp3) is 1.00. The van der Waals surface area contributed by atoms with Crippen LogP contribution in [0, 0.1) is 0 Å². The maximum Gasteiger partial charge on any atom is 0.0226 e. The molecule has 0 aromatic rings. The first-order valence-electron chi connectivity index (χ1n) is 4.72. The van der Waals surface area contributed by atoms with Gasteiger partial charge in [-0.3, -0.25) is 4.90 Å². The van der Waals surface area contributed by atoms with Gasteiger partial charge in [-0.05, 0) is 20.8 Å². The van der Waals surface area contributed by atoms with Gasteiger partial charge < -0.3 is 11.1 Å². The molecule has 0 aromatic carbocycles. The van der Waals surface area contributed by atoms with Crippen LogP contribution in [0.1, 0.15) is 20.8 Å². The minimum Gasteiger partial charge on any atom is -0.324 e. The van der Waals surface area contributed by atoms with Crippen molar-refractivity contribution in [3.8, 4) is 0 Å². The van der Waals surface area contributed by atoms with Crippen LogP contribution >= 0.6 is 12.4 Å². The van der Waals surface area contributed by atoms with Crippen molar-refractivity contribution in [3.05, 3.63) is 0 Å². The van der Waals surface area contributed by atoms with Gasteiger partial charge >= 0.3 is 0 Å². The average Bonchev–Trinajstić information content (AvgIpc) is 1.82. The third-order valence-corrected chi connectivity index (χ3v) is 2.08. The number of halogens is 1. The van der Waals surface area contributed by atoms with E-state index < -0.39 is 0 Å². The van der Waals surface area contributed by atoms with Crippen molar-refractivity contribution in [3.63, 3.8) is 0 Å². The molecule has 3 N–H and O–H groups in total. The summed E-state index contributed by atoms with van der Waals surface area (Å²) < 4.78 is 0. The average molecular weight is 208 g/mol. The van der Waals surface area contributed by atoms with E-state index in [1.807, 2.05) is 0 Å². The summed E-state index contributed by atoms with van der Waals surface area (Å²) in [5.41, 5.74) is 5.89. The number of nitrogens with zero attached hydrogens (tertiary/aromatic N) is 1. The van der Waals surface area contributed by atoms with Crippen LogP contribution in [-0.4, -0.2) is 42.7 Å². The van der Waals surface area contributed by atoms with E-state index in [9.17, 15) is 0 Å². The Morgan fingerprint density at radius 3 is 2.62 bits per heavy atom. The Bertz CT molecular complexity index is 144. The first kappa shape index (κ1) is 13.2. The summed E-state index contributed by atoms with van der Waals surface area (Å²) in [4.78, 5) is 2.43. The molecule has 0 amide bonds. The van der Waals surface area contributed by atoms with E-state index in [2.05, 4.69) is 31.0 Å². The SMILES string of the molecule is C[C@@H]1CN(CC(C)(C)N)CCN1.Cl. The lowest BCUT2D eigenvalue weighted by atomic mass is 10.1. The molecule has 1 atom stereocenters. The van der Waals surface area contributed by atoms with Crippen molar-refractivity contribution in [1.82, 2.24) is 10.2 Å². The van der Waals surface area contributed by atoms with Gasteiger partial charge in [-0.15, -0.1) is 12.4 Å². The molecule has 0 unspecified atom stereocenters. The summed E-state index contributed by atoms with van der Waals surface area (Å²) >= 11 is 0. The highest BCUT2D eigenvalue weighted by Gasteiger charge is 2.20. The van der Waals surface area contributed by atoms with Gasteiger partial charge in [0.25, 0.3) is 0 Å². The van der Waals surface area contributed by atoms with Gasteiger partial charge in [-0.2, -0.15) is 0 Å². The molecular weight excluding hydrogens is 186 g/mol. The van der Waals surface area contributed by atoms with Crippen LogP contribution in [0.2, 0.25) is 0 Å². The van der Waals surface area contributed by atoms with Crippen molar-refractivity contribution in [2.24, 2.45) is 5.73 Å². The van der Waals surface area contributed by atoms with Crippen molar-refractivity contribution in [2.45, 2.75) is 32.4 Å². The first-order chi connectivity index (χ1) is 5.47. The molecule has 0 radical (unpaired) electrons. The molecule has 13 heavy (non-hydrogen) atoms. The van der Waals surface area contributed by atoms with Crippen LogP contribution in [0.25, 0.3) is 0 Å². The summed E-state index contributed by atoms with van der Waals surface area (Å²) in [6, 6.07) is 0.612. The predicted molar refractivity (Wildman–Crippen MR) is 59.4 cm³/mol. The van der Waals surface area contributed by atoms with E-state index in [0.717, 1.165) is 26.2 Å². The highest BCUT2D eigenvalue weighted by atomic mass is 35.5. The third-order valence-electron chi connectivity index (χ3n) is 2.08. The zero-order chi connectivity index (χ0) is 9.19. The number of nitrogens with one attached hydrogen (secondary N) is 1. The summed E-state index contributed by atoms with van der Waals surface area (Å²) in [5, 5.41) is 3.42. The van der Waals surface area contributed by atoms with E-state index in [4.69, 9.17) is 5.73 Å². The molecule has 0 aromatic heterocycles. The number of hydrogen-bond acceptors (Lipinski definition) is 3. The van der Waals surface area contributed by atoms with Gasteiger partial charge in [-0.1, -0.05) is 0 Å². The molecule has 1 aliphatic rings. The lowest BCUT2D eigenvalue weighted by Gasteiger charge is -2.35. The Morgan fingerprint density at radius 1 is 1.54 bits per heavy atom. The van der Waals surface area contributed by atoms with Crippen LogP contribution < -0.4 is 11.1 Å². The fourth-order valence-electron chi connectivity index (χ4n) is 1.73. The summed E-state index contributed by atoms with van der Waals surface area (Å²) in [7, 11) is 0. The van der Waals surface area contributed by atoms with E-state index in [1.165, 1.54) is 0 Å². The molecule has 0 saturated carbocycles. The van der Waals surface area contributed by atoms with Crippen molar-refractivity contribution in [1.29, 1.82) is 0 Å². The van der Waals surface area contributed by atoms with E-state index in [0.29, 0.717) is 6.04 Å². The topological polar surface area (TPSA) is 41.3 Å². The van der Waals surface area contributed by atoms with E-state index in [1.54, 1.807) is 0 Å². The van der Waals surface area contributed by atoms with Crippen LogP contribution in [0.3, 0.4) is 0 Å². The minimum atomic E-state index is -0.0585. The Labute approximate surface area is 87.5 Å². The summed E-state index contributed by atoms with van der Waals surface area (Å²) in [5.74, 6) is 0. The molecule has 1 heterocycles.